The van der Waals surface area contributed by atoms with Gasteiger partial charge in [-0.3, -0.25) is 0 Å². The maximum absolute atomic E-state index is 8.46. The van der Waals surface area contributed by atoms with Crippen LogP contribution in [0.1, 0.15) is 24.8 Å². The molecule has 3 heteroatoms. The summed E-state index contributed by atoms with van der Waals surface area (Å²) in [4.78, 5) is 0. The Balaban J connectivity index is 2.06. The summed E-state index contributed by atoms with van der Waals surface area (Å²) in [5.74, 6) is 6.38. The van der Waals surface area contributed by atoms with Gasteiger partial charge >= 0.3 is 0 Å². The number of aliphatic hydroxyl groups excluding tert-OH is 1. The second-order valence-electron chi connectivity index (χ2n) is 3.87. The maximum atomic E-state index is 8.46. The summed E-state index contributed by atoms with van der Waals surface area (Å²) in [6.07, 6.45) is 2.83. The van der Waals surface area contributed by atoms with Crippen LogP contribution in [-0.4, -0.2) is 25.4 Å². The lowest BCUT2D eigenvalue weighted by molar-refractivity contribution is 0.117. The summed E-state index contributed by atoms with van der Waals surface area (Å²) in [5.41, 5.74) is 1.15. The molecule has 0 radical (unpaired) electrons. The number of ether oxygens (including phenoxy) is 2. The van der Waals surface area contributed by atoms with Crippen molar-refractivity contribution in [1.82, 2.24) is 0 Å². The minimum absolute atomic E-state index is 0.0476. The van der Waals surface area contributed by atoms with Gasteiger partial charge in [0.15, 0.2) is 0 Å². The van der Waals surface area contributed by atoms with Crippen molar-refractivity contribution in [3.05, 3.63) is 29.8 Å². The molecule has 1 N–H and O–H groups in total. The second-order valence-corrected chi connectivity index (χ2v) is 3.87. The second kappa shape index (κ2) is 9.52. The molecule has 0 saturated heterocycles. The minimum Gasteiger partial charge on any atom is -0.497 e. The molecule has 18 heavy (non-hydrogen) atoms. The van der Waals surface area contributed by atoms with Gasteiger partial charge in [0, 0.05) is 13.0 Å². The highest BCUT2D eigenvalue weighted by Gasteiger charge is 1.94. The highest BCUT2D eigenvalue weighted by Crippen LogP contribution is 2.12. The number of unbranched alkanes of at least 4 members (excludes halogenated alkanes) is 2. The summed E-state index contributed by atoms with van der Waals surface area (Å²) in [5, 5.41) is 8.46. The molecular weight excluding hydrogens is 228 g/mol. The monoisotopic (exact) mass is 248 g/mol. The van der Waals surface area contributed by atoms with Crippen molar-refractivity contribution in [3.63, 3.8) is 0 Å². The van der Waals surface area contributed by atoms with E-state index >= 15 is 0 Å². The zero-order valence-electron chi connectivity index (χ0n) is 10.8. The van der Waals surface area contributed by atoms with E-state index in [1.165, 1.54) is 0 Å². The molecule has 1 aromatic carbocycles. The first-order valence-corrected chi connectivity index (χ1v) is 6.14. The van der Waals surface area contributed by atoms with E-state index in [-0.39, 0.29) is 6.61 Å². The molecule has 0 spiro atoms. The average Bonchev–Trinajstić information content (AvgIpc) is 2.42. The third-order valence-electron chi connectivity index (χ3n) is 2.47. The average molecular weight is 248 g/mol. The molecule has 1 rings (SSSR count). The smallest absolute Gasteiger partial charge is 0.118 e. The van der Waals surface area contributed by atoms with Gasteiger partial charge in [0.2, 0.25) is 0 Å². The van der Waals surface area contributed by atoms with Crippen molar-refractivity contribution in [2.45, 2.75) is 25.9 Å². The largest absolute Gasteiger partial charge is 0.497 e. The van der Waals surface area contributed by atoms with Gasteiger partial charge in [-0.2, -0.15) is 0 Å². The molecule has 0 amide bonds. The Morgan fingerprint density at radius 3 is 2.56 bits per heavy atom. The highest BCUT2D eigenvalue weighted by molar-refractivity contribution is 5.26. The Bertz CT molecular complexity index is 373. The third kappa shape index (κ3) is 6.29. The highest BCUT2D eigenvalue weighted by atomic mass is 16.5. The Kier molecular flexibility index (Phi) is 7.70. The molecule has 1 aromatic rings. The lowest BCUT2D eigenvalue weighted by atomic mass is 10.2. The van der Waals surface area contributed by atoms with E-state index < -0.39 is 0 Å². The van der Waals surface area contributed by atoms with Crippen LogP contribution in [-0.2, 0) is 11.3 Å². The molecule has 0 heterocycles. The zero-order valence-corrected chi connectivity index (χ0v) is 10.8. The molecule has 0 aliphatic rings. The molecular formula is C15H20O3. The third-order valence-corrected chi connectivity index (χ3v) is 2.47. The van der Waals surface area contributed by atoms with Crippen LogP contribution in [0.5, 0.6) is 5.75 Å². The van der Waals surface area contributed by atoms with Gasteiger partial charge in [-0.15, -0.1) is 5.92 Å². The number of rotatable bonds is 7. The predicted molar refractivity (Wildman–Crippen MR) is 71.4 cm³/mol. The van der Waals surface area contributed by atoms with Crippen LogP contribution in [0.2, 0.25) is 0 Å². The van der Waals surface area contributed by atoms with Gasteiger partial charge in [0.05, 0.1) is 13.7 Å². The van der Waals surface area contributed by atoms with E-state index in [9.17, 15) is 0 Å². The Hall–Kier alpha value is -1.50. The summed E-state index contributed by atoms with van der Waals surface area (Å²) in [6, 6.07) is 7.88. The first-order valence-electron chi connectivity index (χ1n) is 6.14. The molecule has 0 aromatic heterocycles. The number of benzene rings is 1. The molecule has 0 atom stereocenters. The first-order chi connectivity index (χ1) is 8.86. The van der Waals surface area contributed by atoms with E-state index in [2.05, 4.69) is 11.8 Å². The Morgan fingerprint density at radius 1 is 1.11 bits per heavy atom. The first kappa shape index (κ1) is 14.6. The van der Waals surface area contributed by atoms with Crippen molar-refractivity contribution in [2.75, 3.05) is 20.3 Å². The van der Waals surface area contributed by atoms with E-state index in [4.69, 9.17) is 14.6 Å². The fourth-order valence-electron chi connectivity index (χ4n) is 1.47. The van der Waals surface area contributed by atoms with Crippen LogP contribution in [0.3, 0.4) is 0 Å². The molecule has 98 valence electrons. The van der Waals surface area contributed by atoms with Gasteiger partial charge in [0.25, 0.3) is 0 Å². The van der Waals surface area contributed by atoms with Crippen LogP contribution in [0, 0.1) is 11.8 Å². The lowest BCUT2D eigenvalue weighted by Crippen LogP contribution is -1.95. The maximum Gasteiger partial charge on any atom is 0.118 e. The van der Waals surface area contributed by atoms with E-state index in [1.807, 2.05) is 24.3 Å². The summed E-state index contributed by atoms with van der Waals surface area (Å²) in [7, 11) is 1.66. The Labute approximate surface area is 109 Å². The SMILES string of the molecule is COc1ccc(COCCCCC#CCO)cc1. The van der Waals surface area contributed by atoms with Crippen molar-refractivity contribution < 1.29 is 14.6 Å². The van der Waals surface area contributed by atoms with Crippen molar-refractivity contribution in [1.29, 1.82) is 0 Å². The van der Waals surface area contributed by atoms with E-state index in [1.54, 1.807) is 7.11 Å². The molecule has 0 fully saturated rings. The molecule has 0 bridgehead atoms. The lowest BCUT2D eigenvalue weighted by Gasteiger charge is -2.05. The topological polar surface area (TPSA) is 38.7 Å². The number of methoxy groups -OCH3 is 1. The standard InChI is InChI=1S/C15H20O3/c1-17-15-9-7-14(8-10-15)13-18-12-6-4-2-3-5-11-16/h7-10,16H,2,4,6,11-13H2,1H3. The van der Waals surface area contributed by atoms with Crippen LogP contribution in [0.15, 0.2) is 24.3 Å². The number of hydrogen-bond acceptors (Lipinski definition) is 3. The summed E-state index contributed by atoms with van der Waals surface area (Å²) in [6.45, 7) is 1.33. The predicted octanol–water partition coefficient (Wildman–Crippen LogP) is 2.38. The van der Waals surface area contributed by atoms with Crippen LogP contribution in [0.4, 0.5) is 0 Å². The van der Waals surface area contributed by atoms with Crippen molar-refractivity contribution in [2.24, 2.45) is 0 Å². The fourth-order valence-corrected chi connectivity index (χ4v) is 1.47. The van der Waals surface area contributed by atoms with Gasteiger partial charge in [0.1, 0.15) is 12.4 Å². The summed E-state index contributed by atoms with van der Waals surface area (Å²) >= 11 is 0. The van der Waals surface area contributed by atoms with Crippen LogP contribution < -0.4 is 4.74 Å². The Morgan fingerprint density at radius 2 is 1.89 bits per heavy atom. The van der Waals surface area contributed by atoms with Gasteiger partial charge in [-0.1, -0.05) is 18.1 Å². The van der Waals surface area contributed by atoms with E-state index in [0.29, 0.717) is 6.61 Å². The van der Waals surface area contributed by atoms with Gasteiger partial charge in [-0.25, -0.2) is 0 Å². The zero-order chi connectivity index (χ0) is 13.1. The van der Waals surface area contributed by atoms with Crippen LogP contribution >= 0.6 is 0 Å². The van der Waals surface area contributed by atoms with E-state index in [0.717, 1.165) is 37.2 Å². The quantitative estimate of drug-likeness (QED) is 0.595. The molecule has 0 unspecified atom stereocenters. The molecule has 0 saturated carbocycles. The summed E-state index contributed by atoms with van der Waals surface area (Å²) < 4.78 is 10.6. The van der Waals surface area contributed by atoms with Crippen molar-refractivity contribution >= 4 is 0 Å². The molecule has 0 aliphatic heterocycles. The van der Waals surface area contributed by atoms with Gasteiger partial charge in [-0.05, 0) is 30.5 Å². The number of hydrogen-bond donors (Lipinski definition) is 1. The normalized spacial score (nSPS) is 9.67. The van der Waals surface area contributed by atoms with Crippen LogP contribution in [0.25, 0.3) is 0 Å². The number of aliphatic hydroxyl groups is 1. The molecule has 3 nitrogen and oxygen atoms in total. The minimum atomic E-state index is -0.0476. The van der Waals surface area contributed by atoms with Crippen molar-refractivity contribution in [3.8, 4) is 17.6 Å². The fraction of sp³-hybridized carbons (Fsp3) is 0.467. The molecule has 0 aliphatic carbocycles. The van der Waals surface area contributed by atoms with Gasteiger partial charge < -0.3 is 14.6 Å².